The van der Waals surface area contributed by atoms with Crippen molar-refractivity contribution in [3.8, 4) is 22.5 Å². The third-order valence-corrected chi connectivity index (χ3v) is 6.21. The van der Waals surface area contributed by atoms with Crippen LogP contribution in [0.2, 0.25) is 0 Å². The Morgan fingerprint density at radius 3 is 1.90 bits per heavy atom. The first-order valence-corrected chi connectivity index (χ1v) is 16.2. The summed E-state index contributed by atoms with van der Waals surface area (Å²) in [4.78, 5) is 8.68. The number of benzene rings is 2. The van der Waals surface area contributed by atoms with Crippen molar-refractivity contribution in [2.45, 2.75) is 68.5 Å². The smallest absolute Gasteiger partial charge is 0.358 e. The van der Waals surface area contributed by atoms with Gasteiger partial charge in [-0.15, -0.1) is 71.3 Å². The van der Waals surface area contributed by atoms with Gasteiger partial charge in [0, 0.05) is 53.2 Å². The maximum atomic E-state index is 14.2. The molecule has 0 unspecified atom stereocenters. The molecule has 6 heteroatoms. The fourth-order valence-electron chi connectivity index (χ4n) is 4.34. The molecular weight excluding hydrogens is 754 g/mol. The molecule has 50 heavy (non-hydrogen) atoms. The fraction of sp³-hybridized carbons (Fsp3) is 0.227. The molecule has 4 rings (SSSR count). The molecule has 0 spiro atoms. The van der Waals surface area contributed by atoms with Gasteiger partial charge in [0.25, 0.3) is 0 Å². The van der Waals surface area contributed by atoms with E-state index in [1.165, 1.54) is 12.2 Å². The van der Waals surface area contributed by atoms with Crippen LogP contribution in [0.1, 0.15) is 66.6 Å². The number of aryl methyl sites for hydroxylation is 1. The van der Waals surface area contributed by atoms with E-state index in [4.69, 9.17) is 0 Å². The van der Waals surface area contributed by atoms with Crippen LogP contribution in [-0.2, 0) is 0 Å². The number of rotatable bonds is 7. The van der Waals surface area contributed by atoms with Gasteiger partial charge in [0.2, 0.25) is 0 Å². The second-order valence-corrected chi connectivity index (χ2v) is 9.08. The van der Waals surface area contributed by atoms with Gasteiger partial charge in [-0.25, -0.2) is 0 Å². The van der Waals surface area contributed by atoms with Crippen molar-refractivity contribution in [3.05, 3.63) is 176 Å². The van der Waals surface area contributed by atoms with Crippen molar-refractivity contribution in [2.24, 2.45) is 0 Å². The SMILES string of the molecule is C=CC(=C(\C(=C/C)c1cc[c-]c(-c2ccccn2)c1)C(F)(F)F)/C(/C=C\C)=C/C.CC.CC.Cc1cccc(-c2[c-]cccc2)n1.[CH2-]C.[CH3-].[Pr]. The second kappa shape index (κ2) is 29.3. The predicted octanol–water partition coefficient (Wildman–Crippen LogP) is 13.7. The molecule has 2 aromatic carbocycles. The first kappa shape index (κ1) is 51.0. The van der Waals surface area contributed by atoms with Crippen LogP contribution in [0.3, 0.4) is 0 Å². The normalized spacial score (nSPS) is 11.1. The number of allylic oxidation sites excluding steroid dienone is 9. The van der Waals surface area contributed by atoms with Gasteiger partial charge in [-0.2, -0.15) is 20.1 Å². The number of pyridine rings is 2. The van der Waals surface area contributed by atoms with Crippen LogP contribution in [0.4, 0.5) is 13.2 Å². The monoisotopic (exact) mass is 807 g/mol. The molecule has 0 N–H and O–H groups in total. The molecule has 0 aliphatic carbocycles. The maximum Gasteiger partial charge on any atom is 0.417 e. The Morgan fingerprint density at radius 1 is 0.800 bits per heavy atom. The number of hydrogen-bond donors (Lipinski definition) is 0. The van der Waals surface area contributed by atoms with Crippen LogP contribution < -0.4 is 0 Å². The van der Waals surface area contributed by atoms with Crippen LogP contribution in [0.15, 0.2) is 139 Å². The minimum absolute atomic E-state index is 0. The zero-order chi connectivity index (χ0) is 36.5. The van der Waals surface area contributed by atoms with E-state index in [1.54, 1.807) is 82.5 Å². The molecule has 0 saturated carbocycles. The van der Waals surface area contributed by atoms with Gasteiger partial charge in [-0.1, -0.05) is 88.9 Å². The van der Waals surface area contributed by atoms with Crippen molar-refractivity contribution in [3.63, 3.8) is 0 Å². The van der Waals surface area contributed by atoms with Gasteiger partial charge in [0.1, 0.15) is 0 Å². The first-order chi connectivity index (χ1) is 23.2. The zero-order valence-corrected chi connectivity index (χ0v) is 35.2. The summed E-state index contributed by atoms with van der Waals surface area (Å²) in [5.41, 5.74) is 4.65. The Kier molecular flexibility index (Phi) is 29.9. The number of halogens is 3. The zero-order valence-electron chi connectivity index (χ0n) is 31.5. The fourth-order valence-corrected chi connectivity index (χ4v) is 4.34. The van der Waals surface area contributed by atoms with Crippen LogP contribution in [0.25, 0.3) is 28.1 Å². The van der Waals surface area contributed by atoms with E-state index in [-0.39, 0.29) is 59.9 Å². The third-order valence-electron chi connectivity index (χ3n) is 6.21. The van der Waals surface area contributed by atoms with Crippen LogP contribution in [-0.4, -0.2) is 16.1 Å². The molecule has 1 radical (unpaired) electrons. The third kappa shape index (κ3) is 16.5. The molecule has 0 aliphatic rings. The van der Waals surface area contributed by atoms with Crippen LogP contribution in [0, 0.1) is 74.7 Å². The summed E-state index contributed by atoms with van der Waals surface area (Å²) < 4.78 is 42.7. The predicted molar refractivity (Wildman–Crippen MR) is 207 cm³/mol. The molecule has 0 bridgehead atoms. The second-order valence-electron chi connectivity index (χ2n) is 9.08. The quantitative estimate of drug-likeness (QED) is 0.137. The largest absolute Gasteiger partial charge is 0.417 e. The number of aromatic nitrogens is 2. The maximum absolute atomic E-state index is 14.2. The van der Waals surface area contributed by atoms with Gasteiger partial charge in [0.15, 0.2) is 0 Å². The molecule has 0 fully saturated rings. The van der Waals surface area contributed by atoms with E-state index in [0.29, 0.717) is 22.4 Å². The minimum atomic E-state index is -4.56. The summed E-state index contributed by atoms with van der Waals surface area (Å²) in [5.74, 6) is 0. The summed E-state index contributed by atoms with van der Waals surface area (Å²) in [6.45, 7) is 23.7. The Hall–Kier alpha value is -3.41. The molecule has 0 atom stereocenters. The molecule has 2 aromatic heterocycles. The minimum Gasteiger partial charge on any atom is -0.358 e. The van der Waals surface area contributed by atoms with E-state index >= 15 is 0 Å². The van der Waals surface area contributed by atoms with E-state index in [2.05, 4.69) is 35.6 Å². The van der Waals surface area contributed by atoms with Crippen molar-refractivity contribution in [2.75, 3.05) is 0 Å². The molecule has 2 heterocycles. The molecule has 2 nitrogen and oxygen atoms in total. The molecule has 0 amide bonds. The van der Waals surface area contributed by atoms with Crippen molar-refractivity contribution >= 4 is 5.57 Å². The van der Waals surface area contributed by atoms with Gasteiger partial charge in [0.05, 0.1) is 5.57 Å². The van der Waals surface area contributed by atoms with Gasteiger partial charge in [-0.3, -0.25) is 0 Å². The number of alkyl halides is 3. The Bertz CT molecular complexity index is 1600. The van der Waals surface area contributed by atoms with Crippen molar-refractivity contribution < 1.29 is 54.5 Å². The van der Waals surface area contributed by atoms with Crippen molar-refractivity contribution in [1.82, 2.24) is 9.97 Å². The van der Waals surface area contributed by atoms with Gasteiger partial charge >= 0.3 is 6.18 Å². The van der Waals surface area contributed by atoms with E-state index in [1.807, 2.05) is 83.1 Å². The summed E-state index contributed by atoms with van der Waals surface area (Å²) in [5, 5.41) is 0. The summed E-state index contributed by atoms with van der Waals surface area (Å²) in [6, 6.07) is 30.4. The topological polar surface area (TPSA) is 25.8 Å². The summed E-state index contributed by atoms with van der Waals surface area (Å²) in [7, 11) is 0. The molecule has 0 aliphatic heterocycles. The number of hydrogen-bond acceptors (Lipinski definition) is 2. The molecule has 0 saturated heterocycles. The van der Waals surface area contributed by atoms with Gasteiger partial charge < -0.3 is 24.3 Å². The van der Waals surface area contributed by atoms with Crippen molar-refractivity contribution in [1.29, 1.82) is 0 Å². The number of nitrogens with zero attached hydrogens (tertiary/aromatic N) is 2. The van der Waals surface area contributed by atoms with E-state index < -0.39 is 11.7 Å². The van der Waals surface area contributed by atoms with E-state index in [0.717, 1.165) is 17.0 Å². The summed E-state index contributed by atoms with van der Waals surface area (Å²) in [6.07, 6.45) is 4.81. The average Bonchev–Trinajstić information content (AvgIpc) is 3.14. The van der Waals surface area contributed by atoms with Gasteiger partial charge in [-0.05, 0) is 67.9 Å². The molecular formula is C44H53F3N2Pr-4. The Balaban J connectivity index is -0.000000879. The Labute approximate surface area is 335 Å². The Morgan fingerprint density at radius 2 is 1.42 bits per heavy atom. The first-order valence-electron chi connectivity index (χ1n) is 16.2. The molecule has 4 aromatic rings. The average molecular weight is 808 g/mol. The van der Waals surface area contributed by atoms with E-state index in [9.17, 15) is 13.2 Å². The van der Waals surface area contributed by atoms with Crippen LogP contribution in [0.5, 0.6) is 0 Å². The standard InChI is InChI=1S/C25H23F3N.C12H10N.2C2H6.C2H5.CH3.Pr/c1-5-12-18(6-2)21(7-3)24(25(26,27)28)22(8-4)19-13-11-14-20(17-19)23-15-9-10-16-29-23;1-10-6-5-9-12(13-10)11-7-3-2-4-8-11;3*1-2;;/h5-13,15-17H,3H2,1-2,4H3;2-7,9H,1H3;2*1-2H3;1H2,2H3;1H3;/q2*-1;;;2*-1;/b12-5-,18-6+,22-8-,24-21-;;;;;;. The summed E-state index contributed by atoms with van der Waals surface area (Å²) >= 11 is 0. The molecule has 267 valence electrons. The van der Waals surface area contributed by atoms with Crippen LogP contribution >= 0.6 is 0 Å².